The van der Waals surface area contributed by atoms with Crippen molar-refractivity contribution >= 4 is 5.78 Å². The summed E-state index contributed by atoms with van der Waals surface area (Å²) in [5.74, 6) is 0.470. The van der Waals surface area contributed by atoms with Gasteiger partial charge < -0.3 is 5.32 Å². The van der Waals surface area contributed by atoms with Crippen molar-refractivity contribution in [2.75, 3.05) is 13.1 Å². The minimum Gasteiger partial charge on any atom is -0.316 e. The summed E-state index contributed by atoms with van der Waals surface area (Å²) < 4.78 is 0. The number of Topliss-reactive ketones (excluding diaryl/α,β-unsaturated/α-hetero) is 1. The lowest BCUT2D eigenvalue weighted by Crippen LogP contribution is -2.45. The summed E-state index contributed by atoms with van der Waals surface area (Å²) in [6.45, 7) is 4.11. The van der Waals surface area contributed by atoms with Crippen LogP contribution in [-0.2, 0) is 11.2 Å². The Kier molecular flexibility index (Phi) is 5.15. The predicted molar refractivity (Wildman–Crippen MR) is 79.2 cm³/mol. The molecule has 1 unspecified atom stereocenters. The Morgan fingerprint density at radius 3 is 2.74 bits per heavy atom. The van der Waals surface area contributed by atoms with E-state index in [0.29, 0.717) is 5.78 Å². The van der Waals surface area contributed by atoms with Crippen molar-refractivity contribution in [1.29, 1.82) is 0 Å². The lowest BCUT2D eigenvalue weighted by Gasteiger charge is -2.35. The van der Waals surface area contributed by atoms with Crippen LogP contribution in [0, 0.1) is 5.41 Å². The second-order valence-electron chi connectivity index (χ2n) is 5.68. The van der Waals surface area contributed by atoms with Crippen molar-refractivity contribution < 1.29 is 4.79 Å². The first kappa shape index (κ1) is 14.3. The van der Waals surface area contributed by atoms with E-state index >= 15 is 0 Å². The van der Waals surface area contributed by atoms with Crippen LogP contribution in [0.1, 0.15) is 44.6 Å². The molecule has 0 saturated carbocycles. The van der Waals surface area contributed by atoms with Crippen LogP contribution in [0.5, 0.6) is 0 Å². The van der Waals surface area contributed by atoms with Crippen LogP contribution in [-0.4, -0.2) is 18.9 Å². The Bertz CT molecular complexity index is 393. The quantitative estimate of drug-likeness (QED) is 0.848. The van der Waals surface area contributed by atoms with Gasteiger partial charge in [-0.3, -0.25) is 4.79 Å². The second kappa shape index (κ2) is 6.85. The van der Waals surface area contributed by atoms with Gasteiger partial charge in [0, 0.05) is 18.4 Å². The van der Waals surface area contributed by atoms with E-state index in [1.54, 1.807) is 0 Å². The molecule has 2 rings (SSSR count). The maximum absolute atomic E-state index is 12.5. The van der Waals surface area contributed by atoms with Gasteiger partial charge in [0.2, 0.25) is 0 Å². The second-order valence-corrected chi connectivity index (χ2v) is 5.68. The van der Waals surface area contributed by atoms with Crippen molar-refractivity contribution in [3.63, 3.8) is 0 Å². The topological polar surface area (TPSA) is 29.1 Å². The van der Waals surface area contributed by atoms with Gasteiger partial charge in [0.25, 0.3) is 0 Å². The molecule has 2 heteroatoms. The number of carbonyl (C=O) groups excluding carboxylic acids is 1. The van der Waals surface area contributed by atoms with Gasteiger partial charge >= 0.3 is 0 Å². The van der Waals surface area contributed by atoms with Crippen LogP contribution in [0.4, 0.5) is 0 Å². The number of rotatable bonds is 6. The van der Waals surface area contributed by atoms with Gasteiger partial charge in [-0.1, -0.05) is 37.3 Å². The van der Waals surface area contributed by atoms with Gasteiger partial charge in [-0.2, -0.15) is 0 Å². The molecule has 0 aromatic heterocycles. The third kappa shape index (κ3) is 3.66. The van der Waals surface area contributed by atoms with Gasteiger partial charge in [0.05, 0.1) is 0 Å². The zero-order chi connectivity index (χ0) is 13.6. The molecule has 104 valence electrons. The fourth-order valence-corrected chi connectivity index (χ4v) is 3.07. The lowest BCUT2D eigenvalue weighted by atomic mass is 9.73. The van der Waals surface area contributed by atoms with Crippen molar-refractivity contribution in [2.45, 2.75) is 45.4 Å². The van der Waals surface area contributed by atoms with Crippen LogP contribution in [0.2, 0.25) is 0 Å². The predicted octanol–water partition coefficient (Wildman–Crippen LogP) is 3.36. The Morgan fingerprint density at radius 1 is 1.32 bits per heavy atom. The van der Waals surface area contributed by atoms with E-state index < -0.39 is 0 Å². The van der Waals surface area contributed by atoms with E-state index in [4.69, 9.17) is 0 Å². The summed E-state index contributed by atoms with van der Waals surface area (Å²) in [6.07, 6.45) is 5.90. The van der Waals surface area contributed by atoms with Crippen molar-refractivity contribution in [3.8, 4) is 0 Å². The third-order valence-electron chi connectivity index (χ3n) is 4.45. The SMILES string of the molecule is CCC1(C(=O)CCCc2ccccc2)CCCNC1. The number of piperidine rings is 1. The molecule has 0 radical (unpaired) electrons. The van der Waals surface area contributed by atoms with Gasteiger partial charge in [-0.05, 0) is 44.2 Å². The molecule has 0 spiro atoms. The molecule has 0 bridgehead atoms. The summed E-state index contributed by atoms with van der Waals surface area (Å²) in [5, 5.41) is 3.39. The van der Waals surface area contributed by atoms with Crippen LogP contribution in [0.25, 0.3) is 0 Å². The first-order valence-electron chi connectivity index (χ1n) is 7.55. The Labute approximate surface area is 116 Å². The van der Waals surface area contributed by atoms with Gasteiger partial charge in [0.1, 0.15) is 5.78 Å². The zero-order valence-corrected chi connectivity index (χ0v) is 12.0. The molecule has 1 aliphatic heterocycles. The van der Waals surface area contributed by atoms with E-state index in [0.717, 1.165) is 51.6 Å². The summed E-state index contributed by atoms with van der Waals surface area (Å²) in [7, 11) is 0. The first-order valence-corrected chi connectivity index (χ1v) is 7.55. The van der Waals surface area contributed by atoms with Gasteiger partial charge in [0.15, 0.2) is 0 Å². The Morgan fingerprint density at radius 2 is 2.11 bits per heavy atom. The van der Waals surface area contributed by atoms with Gasteiger partial charge in [-0.15, -0.1) is 0 Å². The molecule has 1 aliphatic rings. The molecule has 2 nitrogen and oxygen atoms in total. The van der Waals surface area contributed by atoms with Gasteiger partial charge in [-0.25, -0.2) is 0 Å². The Balaban J connectivity index is 1.83. The zero-order valence-electron chi connectivity index (χ0n) is 12.0. The monoisotopic (exact) mass is 259 g/mol. The van der Waals surface area contributed by atoms with E-state index in [2.05, 4.69) is 36.5 Å². The molecule has 0 amide bonds. The normalized spacial score (nSPS) is 23.2. The molecule has 1 aromatic carbocycles. The molecule has 1 heterocycles. The average Bonchev–Trinajstić information content (AvgIpc) is 2.49. The average molecular weight is 259 g/mol. The smallest absolute Gasteiger partial charge is 0.140 e. The summed E-state index contributed by atoms with van der Waals surface area (Å²) in [5.41, 5.74) is 1.26. The number of aryl methyl sites for hydroxylation is 1. The molecular formula is C17H25NO. The van der Waals surface area contributed by atoms with Crippen LogP contribution in [0.3, 0.4) is 0 Å². The molecular weight excluding hydrogens is 234 g/mol. The van der Waals surface area contributed by atoms with Crippen LogP contribution in [0.15, 0.2) is 30.3 Å². The number of hydrogen-bond acceptors (Lipinski definition) is 2. The highest BCUT2D eigenvalue weighted by Crippen LogP contribution is 2.32. The number of carbonyl (C=O) groups is 1. The fraction of sp³-hybridized carbons (Fsp3) is 0.588. The maximum Gasteiger partial charge on any atom is 0.140 e. The van der Waals surface area contributed by atoms with E-state index in [1.165, 1.54) is 5.56 Å². The highest BCUT2D eigenvalue weighted by Gasteiger charge is 2.36. The van der Waals surface area contributed by atoms with Crippen molar-refractivity contribution in [2.24, 2.45) is 5.41 Å². The number of hydrogen-bond donors (Lipinski definition) is 1. The lowest BCUT2D eigenvalue weighted by molar-refractivity contribution is -0.130. The van der Waals surface area contributed by atoms with Crippen molar-refractivity contribution in [1.82, 2.24) is 5.32 Å². The molecule has 0 aliphatic carbocycles. The largest absolute Gasteiger partial charge is 0.316 e. The molecule has 1 aromatic rings. The molecule has 1 atom stereocenters. The first-order chi connectivity index (χ1) is 9.27. The van der Waals surface area contributed by atoms with E-state index in [-0.39, 0.29) is 5.41 Å². The third-order valence-corrected chi connectivity index (χ3v) is 4.45. The summed E-state index contributed by atoms with van der Waals surface area (Å²) in [6, 6.07) is 10.4. The Hall–Kier alpha value is -1.15. The minimum absolute atomic E-state index is 0.0745. The number of ketones is 1. The standard InChI is InChI=1S/C17H25NO/c1-2-17(12-7-13-18-14-17)16(19)11-6-10-15-8-4-3-5-9-15/h3-5,8-9,18H,2,6-7,10-14H2,1H3. The van der Waals surface area contributed by atoms with Crippen molar-refractivity contribution in [3.05, 3.63) is 35.9 Å². The minimum atomic E-state index is -0.0745. The number of nitrogens with one attached hydrogen (secondary N) is 1. The highest BCUT2D eigenvalue weighted by atomic mass is 16.1. The summed E-state index contributed by atoms with van der Waals surface area (Å²) >= 11 is 0. The van der Waals surface area contributed by atoms with E-state index in [1.807, 2.05) is 6.07 Å². The molecule has 19 heavy (non-hydrogen) atoms. The molecule has 1 fully saturated rings. The highest BCUT2D eigenvalue weighted by molar-refractivity contribution is 5.85. The van der Waals surface area contributed by atoms with Crippen LogP contribution < -0.4 is 5.32 Å². The fourth-order valence-electron chi connectivity index (χ4n) is 3.07. The van der Waals surface area contributed by atoms with Crippen LogP contribution >= 0.6 is 0 Å². The molecule has 1 saturated heterocycles. The summed E-state index contributed by atoms with van der Waals surface area (Å²) in [4.78, 5) is 12.5. The molecule has 1 N–H and O–H groups in total. The number of benzene rings is 1. The van der Waals surface area contributed by atoms with E-state index in [9.17, 15) is 4.79 Å². The maximum atomic E-state index is 12.5.